The number of Topliss-reactive ketones (excluding diaryl/α,β-unsaturated/α-hetero) is 1. The van der Waals surface area contributed by atoms with Crippen molar-refractivity contribution in [2.24, 2.45) is 17.3 Å². The van der Waals surface area contributed by atoms with Crippen LogP contribution in [-0.4, -0.2) is 79.5 Å². The van der Waals surface area contributed by atoms with Gasteiger partial charge in [0.05, 0.1) is 32.0 Å². The van der Waals surface area contributed by atoms with E-state index in [9.17, 15) is 24.6 Å². The number of aliphatic hydroxyl groups is 2. The minimum Gasteiger partial charge on any atom is -0.493 e. The van der Waals surface area contributed by atoms with Crippen molar-refractivity contribution in [1.29, 1.82) is 0 Å². The number of aliphatic hydroxyl groups excluding tert-OH is 2. The number of hydrogen-bond acceptors (Lipinski definition) is 9. The third-order valence-corrected chi connectivity index (χ3v) is 8.20. The van der Waals surface area contributed by atoms with E-state index in [0.29, 0.717) is 23.7 Å². The Hall–Kier alpha value is -2.07. The molecule has 1 aliphatic heterocycles. The molecule has 2 fully saturated rings. The van der Waals surface area contributed by atoms with Crippen LogP contribution in [0.3, 0.4) is 0 Å². The fourth-order valence-corrected chi connectivity index (χ4v) is 5.27. The van der Waals surface area contributed by atoms with Gasteiger partial charge < -0.3 is 29.7 Å². The number of carbonyl (C=O) groups excluding carboxylic acids is 3. The average Bonchev–Trinajstić information content (AvgIpc) is 2.98. The number of rotatable bonds is 18. The van der Waals surface area contributed by atoms with Crippen molar-refractivity contribution in [3.8, 4) is 0 Å². The molecule has 0 radical (unpaired) electrons. The Bertz CT molecular complexity index is 838. The van der Waals surface area contributed by atoms with Gasteiger partial charge in [-0.2, -0.15) is 0 Å². The zero-order valence-corrected chi connectivity index (χ0v) is 24.7. The smallest absolute Gasteiger partial charge is 0.316 e. The quantitative estimate of drug-likeness (QED) is 0.0749. The van der Waals surface area contributed by atoms with Crippen LogP contribution in [0.5, 0.6) is 0 Å². The summed E-state index contributed by atoms with van der Waals surface area (Å²) in [6.07, 6.45) is 11.5. The van der Waals surface area contributed by atoms with Crippen molar-refractivity contribution in [3.63, 3.8) is 0 Å². The highest BCUT2D eigenvalue weighted by Crippen LogP contribution is 2.31. The summed E-state index contributed by atoms with van der Waals surface area (Å²) in [4.78, 5) is 36.0. The highest BCUT2D eigenvalue weighted by Gasteiger charge is 2.34. The van der Waals surface area contributed by atoms with Gasteiger partial charge in [-0.05, 0) is 83.2 Å². The molecule has 3 N–H and O–H groups in total. The lowest BCUT2D eigenvalue weighted by atomic mass is 9.83. The van der Waals surface area contributed by atoms with Crippen LogP contribution in [0.15, 0.2) is 24.0 Å². The monoisotopic (exact) mass is 565 g/mol. The minimum atomic E-state index is -1.30. The van der Waals surface area contributed by atoms with E-state index in [4.69, 9.17) is 14.2 Å². The highest BCUT2D eigenvalue weighted by molar-refractivity contribution is 5.84. The molecule has 0 bridgehead atoms. The van der Waals surface area contributed by atoms with Gasteiger partial charge in [-0.25, -0.2) is 0 Å². The van der Waals surface area contributed by atoms with Crippen molar-refractivity contribution in [1.82, 2.24) is 5.32 Å². The van der Waals surface area contributed by atoms with Crippen molar-refractivity contribution in [2.75, 3.05) is 33.0 Å². The van der Waals surface area contributed by atoms with Gasteiger partial charge in [0, 0.05) is 12.3 Å². The minimum absolute atomic E-state index is 0.0618. The summed E-state index contributed by atoms with van der Waals surface area (Å²) in [5.41, 5.74) is -0.743. The summed E-state index contributed by atoms with van der Waals surface area (Å²) in [6.45, 7) is 9.52. The molecular weight excluding hydrogens is 514 g/mol. The summed E-state index contributed by atoms with van der Waals surface area (Å²) < 4.78 is 17.4. The second-order valence-corrected chi connectivity index (χ2v) is 11.8. The Morgan fingerprint density at radius 1 is 1.10 bits per heavy atom. The van der Waals surface area contributed by atoms with E-state index in [0.717, 1.165) is 70.6 Å². The molecule has 9 nitrogen and oxygen atoms in total. The molecule has 228 valence electrons. The van der Waals surface area contributed by atoms with Gasteiger partial charge in [0.25, 0.3) is 0 Å². The third-order valence-electron chi connectivity index (χ3n) is 8.20. The van der Waals surface area contributed by atoms with Gasteiger partial charge in [-0.3, -0.25) is 14.4 Å². The lowest BCUT2D eigenvalue weighted by molar-refractivity contribution is -0.162. The van der Waals surface area contributed by atoms with Crippen molar-refractivity contribution in [3.05, 3.63) is 24.0 Å². The fourth-order valence-electron chi connectivity index (χ4n) is 5.27. The Labute approximate surface area is 239 Å². The SMILES string of the molecule is C=C(O[C@H](CCC1CCC(OCCOC(=O)C(C)(CO)CO)CC1)CC(=O)[C@H](C)/C=C(\C)C=O)[C@@H]1CCCCN1. The van der Waals surface area contributed by atoms with E-state index in [1.165, 1.54) is 6.92 Å². The van der Waals surface area contributed by atoms with E-state index in [2.05, 4.69) is 11.9 Å². The third kappa shape index (κ3) is 11.4. The number of esters is 1. The van der Waals surface area contributed by atoms with Gasteiger partial charge in [0.1, 0.15) is 36.0 Å². The Kier molecular flexibility index (Phi) is 15.1. The summed E-state index contributed by atoms with van der Waals surface area (Å²) in [5, 5.41) is 22.0. The van der Waals surface area contributed by atoms with Crippen molar-refractivity contribution >= 4 is 18.0 Å². The van der Waals surface area contributed by atoms with Gasteiger partial charge in [0.15, 0.2) is 0 Å². The molecule has 0 aromatic heterocycles. The van der Waals surface area contributed by atoms with Crippen LogP contribution in [0.2, 0.25) is 0 Å². The van der Waals surface area contributed by atoms with E-state index in [1.807, 2.05) is 6.92 Å². The lowest BCUT2D eigenvalue weighted by Gasteiger charge is -2.31. The predicted molar refractivity (Wildman–Crippen MR) is 152 cm³/mol. The van der Waals surface area contributed by atoms with Crippen LogP contribution >= 0.6 is 0 Å². The molecule has 0 aromatic carbocycles. The molecular formula is C31H51NO8. The number of allylic oxidation sites excluding steroid dienone is 2. The molecule has 1 saturated carbocycles. The Morgan fingerprint density at radius 3 is 2.40 bits per heavy atom. The molecule has 40 heavy (non-hydrogen) atoms. The van der Waals surface area contributed by atoms with Crippen LogP contribution in [0.25, 0.3) is 0 Å². The number of hydrogen-bond donors (Lipinski definition) is 3. The molecule has 0 unspecified atom stereocenters. The normalized spacial score (nSPS) is 23.6. The number of ether oxygens (including phenoxy) is 3. The number of nitrogens with one attached hydrogen (secondary N) is 1. The maximum atomic E-state index is 13.0. The Morgan fingerprint density at radius 2 is 1.80 bits per heavy atom. The first kappa shape index (κ1) is 34.1. The summed E-state index contributed by atoms with van der Waals surface area (Å²) in [7, 11) is 0. The van der Waals surface area contributed by atoms with Crippen LogP contribution in [0.4, 0.5) is 0 Å². The topological polar surface area (TPSA) is 131 Å². The number of aldehydes is 1. The standard InChI is InChI=1S/C31H51NO8/c1-22(19-33)17-23(2)29(36)18-27(40-24(3)28-7-5-6-14-32-28)13-10-25-8-11-26(12-9-25)38-15-16-39-30(37)31(4,20-34)21-35/h17,19,23,25-28,32,34-35H,3,5-16,18,20-21H2,1-2,4H3/b22-17+/t23-,25?,26?,27-,28+/m1/s1. The van der Waals surface area contributed by atoms with Gasteiger partial charge in [-0.1, -0.05) is 26.0 Å². The molecule has 1 saturated heterocycles. The molecule has 9 heteroatoms. The summed E-state index contributed by atoms with van der Waals surface area (Å²) in [5.74, 6) is 0.313. The van der Waals surface area contributed by atoms with Crippen molar-refractivity contribution < 1.29 is 38.8 Å². The molecule has 0 amide bonds. The Balaban J connectivity index is 1.80. The molecule has 0 aromatic rings. The number of piperidine rings is 1. The van der Waals surface area contributed by atoms with Crippen LogP contribution in [-0.2, 0) is 28.6 Å². The molecule has 3 atom stereocenters. The lowest BCUT2D eigenvalue weighted by Crippen LogP contribution is -2.37. The number of carbonyl (C=O) groups is 3. The number of ketones is 1. The zero-order valence-electron chi connectivity index (χ0n) is 24.7. The summed E-state index contributed by atoms with van der Waals surface area (Å²) in [6, 6.07) is 0.119. The zero-order chi connectivity index (χ0) is 29.5. The first-order valence-electron chi connectivity index (χ1n) is 14.9. The maximum absolute atomic E-state index is 13.0. The molecule has 2 rings (SSSR count). The van der Waals surface area contributed by atoms with E-state index in [1.54, 1.807) is 13.0 Å². The maximum Gasteiger partial charge on any atom is 0.316 e. The first-order chi connectivity index (χ1) is 19.1. The summed E-state index contributed by atoms with van der Waals surface area (Å²) >= 11 is 0. The van der Waals surface area contributed by atoms with Gasteiger partial charge in [-0.15, -0.1) is 0 Å². The second-order valence-electron chi connectivity index (χ2n) is 11.8. The highest BCUT2D eigenvalue weighted by atomic mass is 16.6. The largest absolute Gasteiger partial charge is 0.493 e. The van der Waals surface area contributed by atoms with E-state index < -0.39 is 24.6 Å². The predicted octanol–water partition coefficient (Wildman–Crippen LogP) is 3.66. The van der Waals surface area contributed by atoms with E-state index in [-0.39, 0.29) is 43.2 Å². The second kappa shape index (κ2) is 17.7. The van der Waals surface area contributed by atoms with Crippen LogP contribution < -0.4 is 5.32 Å². The average molecular weight is 566 g/mol. The van der Waals surface area contributed by atoms with Crippen LogP contribution in [0.1, 0.15) is 85.0 Å². The van der Waals surface area contributed by atoms with Crippen molar-refractivity contribution in [2.45, 2.75) is 103 Å². The van der Waals surface area contributed by atoms with Crippen LogP contribution in [0, 0.1) is 17.3 Å². The molecule has 1 heterocycles. The van der Waals surface area contributed by atoms with E-state index >= 15 is 0 Å². The molecule has 1 aliphatic carbocycles. The molecule has 2 aliphatic rings. The van der Waals surface area contributed by atoms with Gasteiger partial charge in [0.2, 0.25) is 0 Å². The van der Waals surface area contributed by atoms with Gasteiger partial charge >= 0.3 is 5.97 Å². The molecule has 0 spiro atoms. The fraction of sp³-hybridized carbons (Fsp3) is 0.774. The first-order valence-corrected chi connectivity index (χ1v) is 14.9.